The molecule has 0 spiro atoms. The highest BCUT2D eigenvalue weighted by Crippen LogP contribution is 2.27. The molecule has 0 amide bonds. The maximum atomic E-state index is 5.96. The van der Waals surface area contributed by atoms with Crippen LogP contribution in [0.3, 0.4) is 0 Å². The Morgan fingerprint density at radius 1 is 1.19 bits per heavy atom. The first-order chi connectivity index (χ1) is 12.7. The molecule has 1 unspecified atom stereocenters. The van der Waals surface area contributed by atoms with Crippen molar-refractivity contribution in [1.82, 2.24) is 20.2 Å². The van der Waals surface area contributed by atoms with Gasteiger partial charge in [0.15, 0.2) is 5.96 Å². The van der Waals surface area contributed by atoms with Crippen molar-refractivity contribution in [2.45, 2.75) is 19.1 Å². The van der Waals surface area contributed by atoms with E-state index >= 15 is 0 Å². The second kappa shape index (κ2) is 7.07. The number of nitrogens with zero attached hydrogens (tertiary/aromatic N) is 3. The molecular weight excluding hydrogens is 326 g/mol. The second-order valence-electron chi connectivity index (χ2n) is 6.43. The Morgan fingerprint density at radius 3 is 2.81 bits per heavy atom. The third kappa shape index (κ3) is 3.22. The van der Waals surface area contributed by atoms with Crippen LogP contribution in [-0.2, 0) is 20.0 Å². The molecule has 4 rings (SSSR count). The van der Waals surface area contributed by atoms with Crippen LogP contribution < -0.4 is 15.4 Å². The van der Waals surface area contributed by atoms with Crippen LogP contribution in [0.15, 0.2) is 53.5 Å². The van der Waals surface area contributed by atoms with Gasteiger partial charge in [0.25, 0.3) is 0 Å². The molecule has 6 heteroatoms. The summed E-state index contributed by atoms with van der Waals surface area (Å²) in [6.45, 7) is 1.31. The van der Waals surface area contributed by atoms with E-state index in [1.807, 2.05) is 37.4 Å². The number of aliphatic imine (C=N–C) groups is 1. The largest absolute Gasteiger partial charge is 0.488 e. The van der Waals surface area contributed by atoms with Gasteiger partial charge in [0.05, 0.1) is 24.1 Å². The quantitative estimate of drug-likeness (QED) is 0.560. The Kier molecular flexibility index (Phi) is 4.48. The van der Waals surface area contributed by atoms with Crippen molar-refractivity contribution in [1.29, 1.82) is 0 Å². The van der Waals surface area contributed by atoms with Crippen LogP contribution in [0.5, 0.6) is 5.75 Å². The molecule has 0 fully saturated rings. The molecule has 0 saturated heterocycles. The number of guanidine groups is 1. The summed E-state index contributed by atoms with van der Waals surface area (Å²) in [5.41, 5.74) is 3.40. The maximum Gasteiger partial charge on any atom is 0.191 e. The van der Waals surface area contributed by atoms with Crippen LogP contribution in [0, 0.1) is 0 Å². The molecule has 2 aromatic carbocycles. The number of nitrogens with one attached hydrogen (secondary N) is 2. The van der Waals surface area contributed by atoms with Gasteiger partial charge in [-0.1, -0.05) is 30.3 Å². The molecule has 134 valence electrons. The monoisotopic (exact) mass is 349 g/mol. The smallest absolute Gasteiger partial charge is 0.191 e. The Morgan fingerprint density at radius 2 is 2.00 bits per heavy atom. The number of ether oxygens (including phenoxy) is 1. The van der Waals surface area contributed by atoms with Crippen molar-refractivity contribution < 1.29 is 4.74 Å². The summed E-state index contributed by atoms with van der Waals surface area (Å²) < 4.78 is 8.07. The van der Waals surface area contributed by atoms with E-state index in [0.717, 1.165) is 35.0 Å². The molecule has 26 heavy (non-hydrogen) atoms. The first kappa shape index (κ1) is 16.4. The minimum atomic E-state index is 0.127. The standard InChI is InChI=1S/C20H23N5O/c1-21-20(22-12-15-11-14-7-3-6-10-18(14)26-15)23-13-19-24-16-8-4-5-9-17(16)25(19)2/h3-10,15H,11-13H2,1-2H3,(H2,21,22,23). The van der Waals surface area contributed by atoms with E-state index < -0.39 is 0 Å². The number of aromatic nitrogens is 2. The zero-order valence-corrected chi connectivity index (χ0v) is 15.1. The number of hydrogen-bond donors (Lipinski definition) is 2. The zero-order chi connectivity index (χ0) is 17.9. The van der Waals surface area contributed by atoms with Crippen molar-refractivity contribution in [3.05, 3.63) is 59.9 Å². The molecule has 0 aliphatic carbocycles. The third-order valence-electron chi connectivity index (χ3n) is 4.73. The van der Waals surface area contributed by atoms with E-state index in [0.29, 0.717) is 13.1 Å². The van der Waals surface area contributed by atoms with E-state index in [-0.39, 0.29) is 6.10 Å². The molecule has 1 aromatic heterocycles. The fraction of sp³-hybridized carbons (Fsp3) is 0.300. The molecular formula is C20H23N5O. The summed E-state index contributed by atoms with van der Waals surface area (Å²) in [7, 11) is 3.81. The average molecular weight is 349 g/mol. The van der Waals surface area contributed by atoms with E-state index in [4.69, 9.17) is 4.74 Å². The van der Waals surface area contributed by atoms with E-state index in [1.165, 1.54) is 5.56 Å². The lowest BCUT2D eigenvalue weighted by Crippen LogP contribution is -2.42. The Hall–Kier alpha value is -3.02. The molecule has 6 nitrogen and oxygen atoms in total. The fourth-order valence-corrected chi connectivity index (χ4v) is 3.32. The van der Waals surface area contributed by atoms with Crippen LogP contribution in [0.4, 0.5) is 0 Å². The minimum absolute atomic E-state index is 0.127. The normalized spacial score (nSPS) is 16.4. The average Bonchev–Trinajstić information content (AvgIpc) is 3.23. The fourth-order valence-electron chi connectivity index (χ4n) is 3.32. The SMILES string of the molecule is CN=C(NCc1nc2ccccc2n1C)NCC1Cc2ccccc2O1. The molecule has 1 aliphatic rings. The minimum Gasteiger partial charge on any atom is -0.488 e. The summed E-state index contributed by atoms with van der Waals surface area (Å²) in [6.07, 6.45) is 1.05. The number of aryl methyl sites for hydroxylation is 1. The Labute approximate surface area is 152 Å². The molecule has 0 saturated carbocycles. The molecule has 0 bridgehead atoms. The van der Waals surface area contributed by atoms with Crippen molar-refractivity contribution in [2.24, 2.45) is 12.0 Å². The molecule has 2 N–H and O–H groups in total. The van der Waals surface area contributed by atoms with E-state index in [1.54, 1.807) is 7.05 Å². The number of fused-ring (bicyclic) bond motifs is 2. The lowest BCUT2D eigenvalue weighted by molar-refractivity contribution is 0.235. The lowest BCUT2D eigenvalue weighted by atomic mass is 10.1. The second-order valence-corrected chi connectivity index (χ2v) is 6.43. The Balaban J connectivity index is 1.33. The predicted molar refractivity (Wildman–Crippen MR) is 103 cm³/mol. The number of imidazole rings is 1. The highest BCUT2D eigenvalue weighted by atomic mass is 16.5. The summed E-state index contributed by atoms with van der Waals surface area (Å²) in [6, 6.07) is 16.3. The number of rotatable bonds is 4. The van der Waals surface area contributed by atoms with E-state index in [2.05, 4.69) is 43.4 Å². The van der Waals surface area contributed by atoms with Crippen LogP contribution in [0.2, 0.25) is 0 Å². The first-order valence-electron chi connectivity index (χ1n) is 8.84. The van der Waals surface area contributed by atoms with Gasteiger partial charge in [-0.3, -0.25) is 4.99 Å². The number of para-hydroxylation sites is 3. The summed E-state index contributed by atoms with van der Waals surface area (Å²) >= 11 is 0. The molecule has 3 aromatic rings. The first-order valence-corrected chi connectivity index (χ1v) is 8.84. The van der Waals surface area contributed by atoms with Crippen LogP contribution in [0.1, 0.15) is 11.4 Å². The van der Waals surface area contributed by atoms with Crippen molar-refractivity contribution in [3.8, 4) is 5.75 Å². The number of benzene rings is 2. The van der Waals surface area contributed by atoms with E-state index in [9.17, 15) is 0 Å². The van der Waals surface area contributed by atoms with Gasteiger partial charge in [0.2, 0.25) is 0 Å². The van der Waals surface area contributed by atoms with Crippen molar-refractivity contribution >= 4 is 17.0 Å². The highest BCUT2D eigenvalue weighted by Gasteiger charge is 2.22. The lowest BCUT2D eigenvalue weighted by Gasteiger charge is -2.15. The van der Waals surface area contributed by atoms with Gasteiger partial charge in [-0.15, -0.1) is 0 Å². The van der Waals surface area contributed by atoms with Crippen molar-refractivity contribution in [3.63, 3.8) is 0 Å². The third-order valence-corrected chi connectivity index (χ3v) is 4.73. The number of hydrogen-bond acceptors (Lipinski definition) is 3. The zero-order valence-electron chi connectivity index (χ0n) is 15.1. The topological polar surface area (TPSA) is 63.5 Å². The van der Waals surface area contributed by atoms with Crippen molar-refractivity contribution in [2.75, 3.05) is 13.6 Å². The highest BCUT2D eigenvalue weighted by molar-refractivity contribution is 5.80. The van der Waals surface area contributed by atoms with Gasteiger partial charge in [-0.2, -0.15) is 0 Å². The maximum absolute atomic E-state index is 5.96. The van der Waals surface area contributed by atoms with Gasteiger partial charge in [0.1, 0.15) is 17.7 Å². The van der Waals surface area contributed by atoms with Gasteiger partial charge in [-0.05, 0) is 23.8 Å². The summed E-state index contributed by atoms with van der Waals surface area (Å²) in [4.78, 5) is 8.97. The van der Waals surface area contributed by atoms with Gasteiger partial charge >= 0.3 is 0 Å². The van der Waals surface area contributed by atoms with Gasteiger partial charge in [-0.25, -0.2) is 4.98 Å². The molecule has 1 atom stereocenters. The Bertz CT molecular complexity index is 921. The summed E-state index contributed by atoms with van der Waals surface area (Å²) in [5, 5.41) is 6.68. The summed E-state index contributed by atoms with van der Waals surface area (Å²) in [5.74, 6) is 2.71. The molecule has 0 radical (unpaired) electrons. The van der Waals surface area contributed by atoms with Crippen LogP contribution in [0.25, 0.3) is 11.0 Å². The molecule has 1 aliphatic heterocycles. The molecule has 2 heterocycles. The van der Waals surface area contributed by atoms with Crippen LogP contribution >= 0.6 is 0 Å². The van der Waals surface area contributed by atoms with Crippen LogP contribution in [-0.4, -0.2) is 35.2 Å². The van der Waals surface area contributed by atoms with Gasteiger partial charge in [0, 0.05) is 20.5 Å². The predicted octanol–water partition coefficient (Wildman–Crippen LogP) is 2.24. The van der Waals surface area contributed by atoms with Gasteiger partial charge < -0.3 is 19.9 Å².